The maximum Gasteiger partial charge on any atom is 0.492 e. The van der Waals surface area contributed by atoms with Gasteiger partial charge in [-0.3, -0.25) is 4.79 Å². The molecule has 2 atom stereocenters. The summed E-state index contributed by atoms with van der Waals surface area (Å²) in [5.41, 5.74) is -0.152. The van der Waals surface area contributed by atoms with E-state index in [1.165, 1.54) is 0 Å². The van der Waals surface area contributed by atoms with Gasteiger partial charge in [-0.15, -0.1) is 0 Å². The molecule has 0 aromatic rings. The van der Waals surface area contributed by atoms with Crippen LogP contribution in [0, 0.1) is 5.92 Å². The number of aliphatic hydroxyl groups is 1. The van der Waals surface area contributed by atoms with Gasteiger partial charge in [0.15, 0.2) is 0 Å². The largest absolute Gasteiger partial charge is 0.492 e. The van der Waals surface area contributed by atoms with Crippen molar-refractivity contribution in [3.63, 3.8) is 0 Å². The summed E-state index contributed by atoms with van der Waals surface area (Å²) in [7, 11) is -0.548. The Morgan fingerprint density at radius 1 is 1.38 bits per heavy atom. The number of hydrogen-bond acceptors (Lipinski definition) is 5. The molecule has 0 aromatic heterocycles. The predicted molar refractivity (Wildman–Crippen MR) is 79.5 cm³/mol. The molecule has 1 N–H and O–H groups in total. The number of ether oxygens (including phenoxy) is 1. The van der Waals surface area contributed by atoms with Crippen molar-refractivity contribution in [1.29, 1.82) is 0 Å². The van der Waals surface area contributed by atoms with Crippen LogP contribution in [0.2, 0.25) is 0 Å². The van der Waals surface area contributed by atoms with E-state index in [1.54, 1.807) is 6.92 Å². The quantitative estimate of drug-likeness (QED) is 0.636. The van der Waals surface area contributed by atoms with Gasteiger partial charge in [0, 0.05) is 0 Å². The van der Waals surface area contributed by atoms with Crippen molar-refractivity contribution in [2.24, 2.45) is 5.92 Å². The highest BCUT2D eigenvalue weighted by Gasteiger charge is 2.53. The summed E-state index contributed by atoms with van der Waals surface area (Å²) in [6.07, 6.45) is 2.03. The average Bonchev–Trinajstić information content (AvgIpc) is 2.58. The van der Waals surface area contributed by atoms with Crippen LogP contribution in [0.4, 0.5) is 0 Å². The number of allylic oxidation sites excluding steroid dienone is 1. The Labute approximate surface area is 126 Å². The van der Waals surface area contributed by atoms with Gasteiger partial charge in [0.1, 0.15) is 0 Å². The van der Waals surface area contributed by atoms with Gasteiger partial charge in [-0.2, -0.15) is 0 Å². The van der Waals surface area contributed by atoms with Crippen LogP contribution in [-0.4, -0.2) is 42.1 Å². The summed E-state index contributed by atoms with van der Waals surface area (Å²) in [5, 5.41) is 10.3. The fourth-order valence-electron chi connectivity index (χ4n) is 2.60. The maximum absolute atomic E-state index is 11.8. The van der Waals surface area contributed by atoms with Gasteiger partial charge < -0.3 is 19.2 Å². The highest BCUT2D eigenvalue weighted by Crippen LogP contribution is 2.40. The van der Waals surface area contributed by atoms with Crippen molar-refractivity contribution in [2.45, 2.75) is 64.8 Å². The zero-order valence-corrected chi connectivity index (χ0v) is 13.5. The van der Waals surface area contributed by atoms with Crippen molar-refractivity contribution in [2.75, 3.05) is 6.61 Å². The minimum Gasteiger partial charge on any atom is -0.466 e. The Morgan fingerprint density at radius 3 is 2.43 bits per heavy atom. The molecule has 118 valence electrons. The number of esters is 1. The molecule has 6 heteroatoms. The van der Waals surface area contributed by atoms with Crippen LogP contribution in [0.15, 0.2) is 11.5 Å². The van der Waals surface area contributed by atoms with Gasteiger partial charge in [-0.25, -0.2) is 0 Å². The molecule has 1 fully saturated rings. The minimum absolute atomic E-state index is 0.249. The zero-order chi connectivity index (χ0) is 15.8. The molecule has 5 nitrogen and oxygen atoms in total. The van der Waals surface area contributed by atoms with Crippen LogP contribution in [0.5, 0.6) is 0 Å². The van der Waals surface area contributed by atoms with E-state index in [4.69, 9.17) is 14.0 Å². The molecule has 0 amide bonds. The van der Waals surface area contributed by atoms with Crippen molar-refractivity contribution < 1.29 is 23.9 Å². The Kier molecular flexibility index (Phi) is 4.52. The molecule has 1 saturated heterocycles. The minimum atomic E-state index is -0.733. The van der Waals surface area contributed by atoms with Gasteiger partial charge in [0.2, 0.25) is 0 Å². The Hall–Kier alpha value is -0.845. The smallest absolute Gasteiger partial charge is 0.466 e. The number of aliphatic hydroxyl groups excluding tert-OH is 1. The van der Waals surface area contributed by atoms with E-state index in [0.29, 0.717) is 24.9 Å². The third kappa shape index (κ3) is 3.17. The molecular formula is C15H25BO5. The van der Waals surface area contributed by atoms with Gasteiger partial charge in [-0.1, -0.05) is 6.08 Å². The van der Waals surface area contributed by atoms with Crippen LogP contribution in [-0.2, 0) is 18.8 Å². The maximum atomic E-state index is 11.8. The van der Waals surface area contributed by atoms with E-state index in [9.17, 15) is 9.90 Å². The molecular weight excluding hydrogens is 271 g/mol. The topological polar surface area (TPSA) is 65.0 Å². The molecule has 0 spiro atoms. The highest BCUT2D eigenvalue weighted by molar-refractivity contribution is 6.55. The molecule has 0 saturated carbocycles. The van der Waals surface area contributed by atoms with E-state index in [0.717, 1.165) is 0 Å². The predicted octanol–water partition coefficient (Wildman–Crippen LogP) is 1.88. The fourth-order valence-corrected chi connectivity index (χ4v) is 2.60. The molecule has 1 aliphatic carbocycles. The van der Waals surface area contributed by atoms with Crippen LogP contribution in [0.25, 0.3) is 0 Å². The summed E-state index contributed by atoms with van der Waals surface area (Å²) < 4.78 is 16.9. The zero-order valence-electron chi connectivity index (χ0n) is 13.5. The van der Waals surface area contributed by atoms with Crippen LogP contribution >= 0.6 is 0 Å². The standard InChI is InChI=1S/C15H25BO5/c1-6-19-13(18)10-7-8-11(12(17)9-10)16-20-14(2,3)15(4,5)21-16/h8,10,12,17H,6-7,9H2,1-5H3. The molecule has 1 heterocycles. The second-order valence-corrected chi connectivity index (χ2v) is 6.73. The Balaban J connectivity index is 2.08. The Morgan fingerprint density at radius 2 is 1.95 bits per heavy atom. The van der Waals surface area contributed by atoms with Crippen molar-refractivity contribution in [3.05, 3.63) is 11.5 Å². The van der Waals surface area contributed by atoms with Crippen LogP contribution in [0.3, 0.4) is 0 Å². The summed E-state index contributed by atoms with van der Waals surface area (Å²) >= 11 is 0. The number of carbonyl (C=O) groups is 1. The van der Waals surface area contributed by atoms with Crippen molar-refractivity contribution in [3.8, 4) is 0 Å². The molecule has 0 bridgehead atoms. The summed E-state index contributed by atoms with van der Waals surface area (Å²) in [6, 6.07) is 0. The first-order valence-electron chi connectivity index (χ1n) is 7.58. The third-order valence-electron chi connectivity index (χ3n) is 4.68. The molecule has 0 radical (unpaired) electrons. The number of carbonyl (C=O) groups excluding carboxylic acids is 1. The molecule has 2 unspecified atom stereocenters. The summed E-state index contributed by atoms with van der Waals surface area (Å²) in [4.78, 5) is 11.8. The van der Waals surface area contributed by atoms with Gasteiger partial charge in [-0.05, 0) is 52.9 Å². The van der Waals surface area contributed by atoms with E-state index in [1.807, 2.05) is 33.8 Å². The first-order chi connectivity index (χ1) is 9.68. The molecule has 21 heavy (non-hydrogen) atoms. The van der Waals surface area contributed by atoms with Gasteiger partial charge in [0.05, 0.1) is 29.8 Å². The molecule has 2 aliphatic rings. The van der Waals surface area contributed by atoms with E-state index < -0.39 is 24.4 Å². The average molecular weight is 296 g/mol. The normalized spacial score (nSPS) is 31.0. The lowest BCUT2D eigenvalue weighted by Gasteiger charge is -2.32. The first kappa shape index (κ1) is 16.5. The molecule has 0 aromatic carbocycles. The van der Waals surface area contributed by atoms with Crippen molar-refractivity contribution >= 4 is 13.1 Å². The fraction of sp³-hybridized carbons (Fsp3) is 0.800. The third-order valence-corrected chi connectivity index (χ3v) is 4.68. The summed E-state index contributed by atoms with van der Waals surface area (Å²) in [6.45, 7) is 10.0. The van der Waals surface area contributed by atoms with E-state index in [-0.39, 0.29) is 11.9 Å². The van der Waals surface area contributed by atoms with Crippen LogP contribution in [0.1, 0.15) is 47.5 Å². The van der Waals surface area contributed by atoms with Gasteiger partial charge in [0.25, 0.3) is 0 Å². The number of rotatable bonds is 3. The lowest BCUT2D eigenvalue weighted by atomic mass is 9.69. The van der Waals surface area contributed by atoms with Gasteiger partial charge >= 0.3 is 13.1 Å². The molecule has 1 aliphatic heterocycles. The lowest BCUT2D eigenvalue weighted by molar-refractivity contribution is -0.149. The first-order valence-corrected chi connectivity index (χ1v) is 7.58. The summed E-state index contributed by atoms with van der Waals surface area (Å²) in [5.74, 6) is -0.535. The highest BCUT2D eigenvalue weighted by atomic mass is 16.7. The van der Waals surface area contributed by atoms with Crippen molar-refractivity contribution in [1.82, 2.24) is 0 Å². The second kappa shape index (κ2) is 5.74. The number of hydrogen-bond donors (Lipinski definition) is 1. The molecule has 2 rings (SSSR count). The van der Waals surface area contributed by atoms with Crippen LogP contribution < -0.4 is 0 Å². The van der Waals surface area contributed by atoms with E-state index in [2.05, 4.69) is 0 Å². The SMILES string of the molecule is CCOC(=O)C1CC=C(B2OC(C)(C)C(C)(C)O2)C(O)C1. The van der Waals surface area contributed by atoms with E-state index >= 15 is 0 Å². The Bertz CT molecular complexity index is 427. The lowest BCUT2D eigenvalue weighted by Crippen LogP contribution is -2.41. The monoisotopic (exact) mass is 296 g/mol. The second-order valence-electron chi connectivity index (χ2n) is 6.73.